The third kappa shape index (κ3) is 5.34. The van der Waals surface area contributed by atoms with Gasteiger partial charge < -0.3 is 0 Å². The molecule has 0 saturated heterocycles. The molecule has 0 aliphatic heterocycles. The van der Waals surface area contributed by atoms with Crippen LogP contribution in [0.1, 0.15) is 0 Å². The summed E-state index contributed by atoms with van der Waals surface area (Å²) in [6.07, 6.45) is 1.85. The van der Waals surface area contributed by atoms with Crippen LogP contribution in [0.2, 0.25) is 0 Å². The fourth-order valence-corrected chi connectivity index (χ4v) is 8.60. The van der Waals surface area contributed by atoms with Crippen molar-refractivity contribution in [2.24, 2.45) is 0 Å². The van der Waals surface area contributed by atoms with Gasteiger partial charge in [0.15, 0.2) is 0 Å². The fraction of sp³-hybridized carbons (Fsp3) is 0. The van der Waals surface area contributed by atoms with Crippen LogP contribution in [-0.2, 0) is 0 Å². The van der Waals surface area contributed by atoms with Crippen LogP contribution in [0.3, 0.4) is 0 Å². The highest BCUT2D eigenvalue weighted by Gasteiger charge is 2.20. The van der Waals surface area contributed by atoms with E-state index in [4.69, 9.17) is 9.97 Å². The van der Waals surface area contributed by atoms with Crippen LogP contribution in [0.25, 0.3) is 110 Å². The summed E-state index contributed by atoms with van der Waals surface area (Å²) >= 11 is 0. The van der Waals surface area contributed by atoms with Crippen molar-refractivity contribution < 1.29 is 0 Å². The summed E-state index contributed by atoms with van der Waals surface area (Å²) in [5, 5.41) is 9.49. The van der Waals surface area contributed by atoms with E-state index in [1.807, 2.05) is 12.3 Å². The molecular formula is C54H34N2. The van der Waals surface area contributed by atoms with E-state index in [0.717, 1.165) is 33.1 Å². The Morgan fingerprint density at radius 3 is 1.39 bits per heavy atom. The highest BCUT2D eigenvalue weighted by Crippen LogP contribution is 2.47. The molecule has 11 rings (SSSR count). The van der Waals surface area contributed by atoms with E-state index in [1.165, 1.54) is 76.8 Å². The smallest absolute Gasteiger partial charge is 0.0972 e. The lowest BCUT2D eigenvalue weighted by atomic mass is 9.83. The average Bonchev–Trinajstić information content (AvgIpc) is 3.28. The molecule has 56 heavy (non-hydrogen) atoms. The zero-order valence-corrected chi connectivity index (χ0v) is 30.5. The van der Waals surface area contributed by atoms with Crippen molar-refractivity contribution in [3.63, 3.8) is 0 Å². The Morgan fingerprint density at radius 1 is 0.286 bits per heavy atom. The molecule has 0 aliphatic carbocycles. The van der Waals surface area contributed by atoms with Gasteiger partial charge in [0, 0.05) is 22.5 Å². The molecule has 0 atom stereocenters. The van der Waals surface area contributed by atoms with E-state index in [1.54, 1.807) is 0 Å². The van der Waals surface area contributed by atoms with Gasteiger partial charge in [-0.3, -0.25) is 4.98 Å². The van der Waals surface area contributed by atoms with Gasteiger partial charge in [-0.05, 0) is 113 Å². The summed E-state index contributed by atoms with van der Waals surface area (Å²) in [7, 11) is 0. The van der Waals surface area contributed by atoms with Crippen LogP contribution in [0.4, 0.5) is 0 Å². The minimum Gasteiger partial charge on any atom is -0.254 e. The van der Waals surface area contributed by atoms with Gasteiger partial charge in [0.2, 0.25) is 0 Å². The van der Waals surface area contributed by atoms with E-state index >= 15 is 0 Å². The summed E-state index contributed by atoms with van der Waals surface area (Å²) in [5.74, 6) is 0. The second kappa shape index (κ2) is 13.2. The lowest BCUT2D eigenvalue weighted by molar-refractivity contribution is 1.37. The molecule has 11 aromatic rings. The van der Waals surface area contributed by atoms with Crippen LogP contribution in [0.15, 0.2) is 206 Å². The van der Waals surface area contributed by atoms with Gasteiger partial charge >= 0.3 is 0 Å². The van der Waals surface area contributed by atoms with Crippen molar-refractivity contribution in [3.05, 3.63) is 206 Å². The summed E-state index contributed by atoms with van der Waals surface area (Å²) in [4.78, 5) is 9.99. The number of rotatable bonds is 5. The summed E-state index contributed by atoms with van der Waals surface area (Å²) in [6, 6.07) is 72.5. The van der Waals surface area contributed by atoms with E-state index < -0.39 is 0 Å². The van der Waals surface area contributed by atoms with Gasteiger partial charge in [0.25, 0.3) is 0 Å². The number of hydrogen-bond acceptors (Lipinski definition) is 2. The topological polar surface area (TPSA) is 25.8 Å². The summed E-state index contributed by atoms with van der Waals surface area (Å²) in [5.41, 5.74) is 13.5. The number of benzene rings is 9. The third-order valence-electron chi connectivity index (χ3n) is 11.3. The molecule has 9 aromatic carbocycles. The second-order valence-electron chi connectivity index (χ2n) is 14.5. The molecule has 2 heterocycles. The number of nitrogens with zero attached hydrogens (tertiary/aromatic N) is 2. The Bertz CT molecular complexity index is 3280. The minimum absolute atomic E-state index is 0.920. The first-order valence-corrected chi connectivity index (χ1v) is 19.1. The predicted octanol–water partition coefficient (Wildman–Crippen LogP) is 14.6. The van der Waals surface area contributed by atoms with Crippen molar-refractivity contribution in [1.82, 2.24) is 9.97 Å². The number of pyridine rings is 2. The molecule has 0 aliphatic rings. The second-order valence-corrected chi connectivity index (χ2v) is 14.5. The highest BCUT2D eigenvalue weighted by atomic mass is 14.7. The van der Waals surface area contributed by atoms with E-state index in [-0.39, 0.29) is 0 Å². The first-order valence-electron chi connectivity index (χ1n) is 19.1. The van der Waals surface area contributed by atoms with Gasteiger partial charge in [0.1, 0.15) is 0 Å². The molecule has 0 spiro atoms. The van der Waals surface area contributed by atoms with Gasteiger partial charge in [-0.25, -0.2) is 4.98 Å². The molecule has 0 radical (unpaired) electrons. The molecule has 2 heteroatoms. The molecule has 2 nitrogen and oxygen atoms in total. The highest BCUT2D eigenvalue weighted by molar-refractivity contribution is 6.23. The average molecular weight is 711 g/mol. The van der Waals surface area contributed by atoms with Crippen molar-refractivity contribution in [2.75, 3.05) is 0 Å². The zero-order chi connectivity index (χ0) is 37.0. The zero-order valence-electron chi connectivity index (χ0n) is 30.5. The number of aromatic nitrogens is 2. The Balaban J connectivity index is 1.22. The van der Waals surface area contributed by atoms with Gasteiger partial charge in [0.05, 0.1) is 16.7 Å². The Morgan fingerprint density at radius 2 is 0.768 bits per heavy atom. The van der Waals surface area contributed by atoms with Gasteiger partial charge in [-0.15, -0.1) is 0 Å². The summed E-state index contributed by atoms with van der Waals surface area (Å²) in [6.45, 7) is 0. The van der Waals surface area contributed by atoms with E-state index in [9.17, 15) is 0 Å². The standard InChI is InChI=1S/C54H34N2/c1-4-13-35(14-5-1)46-31-40-19-10-11-20-41(40)32-47(46)42-24-27-44-45-28-25-43(50-29-26-39-23-22-38-21-12-30-55-53(38)54(39)56-50)34-49(45)52(37-17-8-3-9-18-37)51(48(44)33-42)36-15-6-2-7-16-36/h1-34H. The third-order valence-corrected chi connectivity index (χ3v) is 11.3. The monoisotopic (exact) mass is 710 g/mol. The minimum atomic E-state index is 0.920. The van der Waals surface area contributed by atoms with Crippen molar-refractivity contribution in [1.29, 1.82) is 0 Å². The molecule has 0 unspecified atom stereocenters. The predicted molar refractivity (Wildman–Crippen MR) is 237 cm³/mol. The molecule has 0 saturated carbocycles. The number of hydrogen-bond donors (Lipinski definition) is 0. The van der Waals surface area contributed by atoms with E-state index in [2.05, 4.69) is 194 Å². The number of fused-ring (bicyclic) bond motifs is 7. The largest absolute Gasteiger partial charge is 0.254 e. The summed E-state index contributed by atoms with van der Waals surface area (Å²) < 4.78 is 0. The Labute approximate surface area is 325 Å². The first-order chi connectivity index (χ1) is 27.8. The fourth-order valence-electron chi connectivity index (χ4n) is 8.60. The van der Waals surface area contributed by atoms with Crippen LogP contribution in [0, 0.1) is 0 Å². The van der Waals surface area contributed by atoms with Crippen LogP contribution in [0.5, 0.6) is 0 Å². The molecule has 260 valence electrons. The van der Waals surface area contributed by atoms with Crippen LogP contribution >= 0.6 is 0 Å². The van der Waals surface area contributed by atoms with Crippen LogP contribution < -0.4 is 0 Å². The van der Waals surface area contributed by atoms with Crippen molar-refractivity contribution in [3.8, 4) is 55.8 Å². The Kier molecular flexibility index (Phi) is 7.53. The lowest BCUT2D eigenvalue weighted by Gasteiger charge is -2.21. The lowest BCUT2D eigenvalue weighted by Crippen LogP contribution is -1.94. The van der Waals surface area contributed by atoms with Gasteiger partial charge in [-0.1, -0.05) is 164 Å². The molecule has 0 fully saturated rings. The molecular weight excluding hydrogens is 677 g/mol. The maximum atomic E-state index is 5.26. The quantitative estimate of drug-likeness (QED) is 0.166. The first kappa shape index (κ1) is 32.0. The maximum absolute atomic E-state index is 5.26. The van der Waals surface area contributed by atoms with Crippen LogP contribution in [-0.4, -0.2) is 9.97 Å². The molecule has 0 bridgehead atoms. The SMILES string of the molecule is c1ccc(-c2cc3ccccc3cc2-c2ccc3c(c2)c(-c2ccccc2)c(-c2ccccc2)c2cc(-c4ccc5ccc6cccnc6c5n4)ccc23)cc1. The molecule has 0 amide bonds. The van der Waals surface area contributed by atoms with Crippen molar-refractivity contribution >= 4 is 54.1 Å². The Hall–Kier alpha value is -7.42. The normalized spacial score (nSPS) is 11.6. The van der Waals surface area contributed by atoms with Gasteiger partial charge in [-0.2, -0.15) is 0 Å². The molecule has 0 N–H and O–H groups in total. The van der Waals surface area contributed by atoms with E-state index in [0.29, 0.717) is 0 Å². The molecule has 2 aromatic heterocycles. The maximum Gasteiger partial charge on any atom is 0.0972 e. The van der Waals surface area contributed by atoms with Crippen molar-refractivity contribution in [2.45, 2.75) is 0 Å².